The van der Waals surface area contributed by atoms with Crippen molar-refractivity contribution in [3.63, 3.8) is 0 Å². The Morgan fingerprint density at radius 1 is 0.379 bits per heavy atom. The van der Waals surface area contributed by atoms with Crippen molar-refractivity contribution in [2.75, 3.05) is 26.4 Å². The summed E-state index contributed by atoms with van der Waals surface area (Å²) in [5, 5.41) is 0.345. The van der Waals surface area contributed by atoms with E-state index >= 15 is 0 Å². The maximum Gasteiger partial charge on any atom is 0.272 e. The van der Waals surface area contributed by atoms with Crippen molar-refractivity contribution in [1.29, 1.82) is 0 Å². The molecule has 0 spiro atoms. The number of benzene rings is 2. The van der Waals surface area contributed by atoms with E-state index in [9.17, 15) is 9.59 Å². The van der Waals surface area contributed by atoms with Crippen molar-refractivity contribution in [3.8, 4) is 23.0 Å². The second kappa shape index (κ2) is 31.0. The van der Waals surface area contributed by atoms with E-state index in [1.54, 1.807) is 12.2 Å². The molecule has 0 aliphatic rings. The van der Waals surface area contributed by atoms with Crippen LogP contribution in [0.3, 0.4) is 0 Å². The fraction of sp³-hybridized carbons (Fsp3) is 0.640. The number of hydrogen-bond donors (Lipinski definition) is 2. The molecule has 2 aromatic carbocycles. The Morgan fingerprint density at radius 2 is 0.655 bits per heavy atom. The summed E-state index contributed by atoms with van der Waals surface area (Å²) in [5.41, 5.74) is 0.711. The molecule has 0 saturated heterocycles. The quantitative estimate of drug-likeness (QED) is 0.0583. The summed E-state index contributed by atoms with van der Waals surface area (Å²) in [6.45, 7) is 11.4. The van der Waals surface area contributed by atoms with Gasteiger partial charge in [-0.1, -0.05) is 168 Å². The van der Waals surface area contributed by atoms with Gasteiger partial charge in [-0.3, -0.25) is 9.59 Å². The zero-order valence-corrected chi connectivity index (χ0v) is 36.9. The van der Waals surface area contributed by atoms with Crippen LogP contribution in [-0.4, -0.2) is 36.4 Å². The Hall–Kier alpha value is -3.94. The van der Waals surface area contributed by atoms with E-state index in [2.05, 4.69) is 37.7 Å². The predicted molar refractivity (Wildman–Crippen MR) is 242 cm³/mol. The Labute approximate surface area is 350 Å². The van der Waals surface area contributed by atoms with Crippen LogP contribution < -0.4 is 40.8 Å². The van der Waals surface area contributed by atoms with Crippen molar-refractivity contribution < 1.29 is 18.9 Å². The third-order valence-corrected chi connectivity index (χ3v) is 10.6. The molecule has 0 unspecified atom stereocenters. The van der Waals surface area contributed by atoms with Gasteiger partial charge in [-0.25, -0.2) is 0 Å². The molecule has 8 heteroatoms. The number of nitrogens with one attached hydrogen (secondary N) is 2. The van der Waals surface area contributed by atoms with Gasteiger partial charge in [0.2, 0.25) is 0 Å². The number of H-pyrrole nitrogens is 2. The van der Waals surface area contributed by atoms with Gasteiger partial charge in [0, 0.05) is 0 Å². The van der Waals surface area contributed by atoms with Crippen molar-refractivity contribution in [2.24, 2.45) is 0 Å². The monoisotopic (exact) mass is 803 g/mol. The fourth-order valence-electron chi connectivity index (χ4n) is 6.98. The first-order valence-electron chi connectivity index (χ1n) is 23.3. The first kappa shape index (κ1) is 48.4. The normalized spacial score (nSPS) is 12.0. The van der Waals surface area contributed by atoms with Gasteiger partial charge in [-0.05, 0) is 73.2 Å². The van der Waals surface area contributed by atoms with Crippen molar-refractivity contribution >= 4 is 12.2 Å². The minimum absolute atomic E-state index is 0.172. The highest BCUT2D eigenvalue weighted by atomic mass is 16.5. The van der Waals surface area contributed by atoms with Gasteiger partial charge in [-0.15, -0.1) is 0 Å². The van der Waals surface area contributed by atoms with Crippen LogP contribution in [0.1, 0.15) is 193 Å². The van der Waals surface area contributed by atoms with Crippen LogP contribution in [-0.2, 0) is 0 Å². The lowest BCUT2D eigenvalue weighted by Crippen LogP contribution is -2.46. The van der Waals surface area contributed by atoms with Gasteiger partial charge in [0.15, 0.2) is 23.0 Å². The van der Waals surface area contributed by atoms with Crippen molar-refractivity contribution in [2.45, 2.75) is 182 Å². The Morgan fingerprint density at radius 3 is 0.966 bits per heavy atom. The van der Waals surface area contributed by atoms with Crippen molar-refractivity contribution in [1.82, 2.24) is 9.97 Å². The first-order chi connectivity index (χ1) is 28.5. The zero-order chi connectivity index (χ0) is 41.5. The molecule has 1 heterocycles. The van der Waals surface area contributed by atoms with Crippen LogP contribution in [0.5, 0.6) is 23.0 Å². The molecular weight excluding hydrogens is 725 g/mol. The summed E-state index contributed by atoms with van der Waals surface area (Å²) < 4.78 is 24.9. The standard InChI is InChI=1S/C50H78N2O6/c1-5-9-13-17-21-25-33-55-45-31-29-41(39-47(45)57-35-27-23-19-15-11-7-3)37-43-49(53)52-44(50(54)51-43)38-42-30-32-46(56-34-26-22-18-14-10-6-2)48(40-42)58-36-28-24-20-16-12-8-4/h29-32,37-40H,5-28,33-36H2,1-4H3,(H,51,54)(H,52,53)/b43-37-,44-38-. The Balaban J connectivity index is 1.78. The van der Waals surface area contributed by atoms with E-state index in [1.807, 2.05) is 36.4 Å². The van der Waals surface area contributed by atoms with Gasteiger partial charge >= 0.3 is 0 Å². The largest absolute Gasteiger partial charge is 0.490 e. The average molecular weight is 803 g/mol. The summed E-state index contributed by atoms with van der Waals surface area (Å²) in [5.74, 6) is 2.73. The number of aromatic nitrogens is 2. The summed E-state index contributed by atoms with van der Waals surface area (Å²) >= 11 is 0. The topological polar surface area (TPSA) is 103 Å². The molecule has 0 saturated carbocycles. The lowest BCUT2D eigenvalue weighted by molar-refractivity contribution is 0.258. The van der Waals surface area contributed by atoms with Crippen LogP contribution in [0.25, 0.3) is 12.2 Å². The van der Waals surface area contributed by atoms with E-state index in [1.165, 1.54) is 103 Å². The van der Waals surface area contributed by atoms with Gasteiger partial charge in [0.25, 0.3) is 11.1 Å². The first-order valence-corrected chi connectivity index (χ1v) is 23.3. The zero-order valence-electron chi connectivity index (χ0n) is 36.9. The van der Waals surface area contributed by atoms with Crippen molar-refractivity contribution in [3.05, 3.63) is 78.9 Å². The molecule has 8 nitrogen and oxygen atoms in total. The molecule has 0 amide bonds. The number of aromatic amines is 2. The summed E-state index contributed by atoms with van der Waals surface area (Å²) in [7, 11) is 0. The highest BCUT2D eigenvalue weighted by Gasteiger charge is 2.10. The minimum atomic E-state index is -0.387. The maximum atomic E-state index is 13.4. The van der Waals surface area contributed by atoms with Crippen LogP contribution in [0.2, 0.25) is 0 Å². The molecule has 0 fully saturated rings. The SMILES string of the molecule is CCCCCCCCOc1ccc(/C=c2\[nH]c(=O)/c(=C/c3ccc(OCCCCCCCC)c(OCCCCCCCC)c3)[nH]c2=O)cc1OCCCCCCCC. The molecule has 0 atom stereocenters. The maximum absolute atomic E-state index is 13.4. The second-order valence-corrected chi connectivity index (χ2v) is 15.9. The molecular formula is C50H78N2O6. The number of ether oxygens (including phenoxy) is 4. The number of hydrogen-bond acceptors (Lipinski definition) is 6. The highest BCUT2D eigenvalue weighted by molar-refractivity contribution is 5.56. The third kappa shape index (κ3) is 20.2. The molecule has 0 radical (unpaired) electrons. The van der Waals surface area contributed by atoms with Crippen LogP contribution in [0.15, 0.2) is 46.0 Å². The Kier molecular flexibility index (Phi) is 25.9. The van der Waals surface area contributed by atoms with Crippen LogP contribution in [0.4, 0.5) is 0 Å². The minimum Gasteiger partial charge on any atom is -0.490 e. The van der Waals surface area contributed by atoms with Gasteiger partial charge in [0.1, 0.15) is 10.7 Å². The fourth-order valence-corrected chi connectivity index (χ4v) is 6.98. The molecule has 324 valence electrons. The van der Waals surface area contributed by atoms with E-state index in [0.29, 0.717) is 49.4 Å². The summed E-state index contributed by atoms with van der Waals surface area (Å²) in [6.07, 6.45) is 31.8. The molecule has 3 rings (SSSR count). The van der Waals surface area contributed by atoms with E-state index in [4.69, 9.17) is 18.9 Å². The second-order valence-electron chi connectivity index (χ2n) is 15.9. The number of rotatable bonds is 34. The van der Waals surface area contributed by atoms with Crippen LogP contribution >= 0.6 is 0 Å². The van der Waals surface area contributed by atoms with Gasteiger partial charge < -0.3 is 28.9 Å². The molecule has 0 bridgehead atoms. The molecule has 2 N–H and O–H groups in total. The molecule has 0 aliphatic carbocycles. The number of unbranched alkanes of at least 4 members (excludes halogenated alkanes) is 20. The summed E-state index contributed by atoms with van der Waals surface area (Å²) in [4.78, 5) is 32.4. The van der Waals surface area contributed by atoms with Gasteiger partial charge in [-0.2, -0.15) is 0 Å². The lowest BCUT2D eigenvalue weighted by Gasteiger charge is -2.14. The molecule has 1 aromatic heterocycles. The predicted octanol–water partition coefficient (Wildman–Crippen LogP) is 11.7. The molecule has 0 aliphatic heterocycles. The van der Waals surface area contributed by atoms with E-state index in [0.717, 1.165) is 62.5 Å². The van der Waals surface area contributed by atoms with Gasteiger partial charge in [0.05, 0.1) is 26.4 Å². The Bertz CT molecular complexity index is 1630. The van der Waals surface area contributed by atoms with E-state index in [-0.39, 0.29) is 21.8 Å². The molecule has 58 heavy (non-hydrogen) atoms. The highest BCUT2D eigenvalue weighted by Crippen LogP contribution is 2.31. The van der Waals surface area contributed by atoms with E-state index < -0.39 is 0 Å². The molecule has 3 aromatic rings. The third-order valence-electron chi connectivity index (χ3n) is 10.6. The lowest BCUT2D eigenvalue weighted by atomic mass is 10.1. The summed E-state index contributed by atoms with van der Waals surface area (Å²) in [6, 6.07) is 11.4. The van der Waals surface area contributed by atoms with Crippen LogP contribution in [0, 0.1) is 0 Å². The smallest absolute Gasteiger partial charge is 0.272 e. The average Bonchev–Trinajstić information content (AvgIpc) is 3.22.